The van der Waals surface area contributed by atoms with E-state index < -0.39 is 0 Å². The summed E-state index contributed by atoms with van der Waals surface area (Å²) in [5, 5.41) is 5.09. The van der Waals surface area contributed by atoms with Crippen LogP contribution in [0.4, 0.5) is 14.5 Å². The fourth-order valence-electron chi connectivity index (χ4n) is 4.50. The van der Waals surface area contributed by atoms with Crippen LogP contribution in [0.2, 0.25) is 0 Å². The van der Waals surface area contributed by atoms with Crippen LogP contribution in [0.25, 0.3) is 22.0 Å². The van der Waals surface area contributed by atoms with E-state index in [4.69, 9.17) is 0 Å². The molecule has 0 aliphatic carbocycles. The van der Waals surface area contributed by atoms with E-state index in [1.165, 1.54) is 11.6 Å². The summed E-state index contributed by atoms with van der Waals surface area (Å²) < 4.78 is 27.5. The number of halogens is 2. The minimum Gasteiger partial charge on any atom is -0.368 e. The van der Waals surface area contributed by atoms with Crippen molar-refractivity contribution in [2.75, 3.05) is 37.6 Å². The Morgan fingerprint density at radius 1 is 0.935 bits per heavy atom. The zero-order valence-electron chi connectivity index (χ0n) is 17.3. The first-order valence-electron chi connectivity index (χ1n) is 10.7. The van der Waals surface area contributed by atoms with Crippen molar-refractivity contribution in [1.29, 1.82) is 0 Å². The Labute approximate surface area is 184 Å². The summed E-state index contributed by atoms with van der Waals surface area (Å²) in [7, 11) is 0. The van der Waals surface area contributed by atoms with Crippen molar-refractivity contribution in [2.45, 2.75) is 12.8 Å². The number of thiophene rings is 1. The van der Waals surface area contributed by atoms with Crippen molar-refractivity contribution < 1.29 is 8.78 Å². The molecule has 4 aromatic rings. The average Bonchev–Trinajstić information content (AvgIpc) is 3.45. The lowest BCUT2D eigenvalue weighted by atomic mass is 10.0. The van der Waals surface area contributed by atoms with Crippen LogP contribution in [0.15, 0.2) is 59.4 Å². The molecular weight excluding hydrogens is 412 g/mol. The molecule has 160 valence electrons. The summed E-state index contributed by atoms with van der Waals surface area (Å²) in [4.78, 5) is 8.09. The molecule has 3 nitrogen and oxygen atoms in total. The van der Waals surface area contributed by atoms with Crippen molar-refractivity contribution >= 4 is 27.9 Å². The zero-order valence-corrected chi connectivity index (χ0v) is 18.1. The maximum Gasteiger partial charge on any atom is 0.123 e. The molecule has 0 radical (unpaired) electrons. The SMILES string of the molecule is Fc1ccc(N2CCN(CCCc3c[nH]c4ccc(F)cc34)CC2)c(-c2ccsc2)c1. The number of piperazine rings is 1. The Balaban J connectivity index is 1.18. The van der Waals surface area contributed by atoms with E-state index in [-0.39, 0.29) is 11.6 Å². The monoisotopic (exact) mass is 437 g/mol. The lowest BCUT2D eigenvalue weighted by Gasteiger charge is -2.37. The molecule has 1 N–H and O–H groups in total. The van der Waals surface area contributed by atoms with E-state index in [2.05, 4.69) is 26.2 Å². The molecule has 6 heteroatoms. The van der Waals surface area contributed by atoms with Gasteiger partial charge in [0.2, 0.25) is 0 Å². The number of nitrogens with one attached hydrogen (secondary N) is 1. The van der Waals surface area contributed by atoms with Crippen LogP contribution in [0.1, 0.15) is 12.0 Å². The average molecular weight is 438 g/mol. The Morgan fingerprint density at radius 2 is 1.74 bits per heavy atom. The molecule has 0 bridgehead atoms. The Kier molecular flexibility index (Phi) is 5.74. The quantitative estimate of drug-likeness (QED) is 0.404. The lowest BCUT2D eigenvalue weighted by molar-refractivity contribution is 0.255. The first-order valence-corrected chi connectivity index (χ1v) is 11.7. The Morgan fingerprint density at radius 3 is 2.55 bits per heavy atom. The summed E-state index contributed by atoms with van der Waals surface area (Å²) in [5.41, 5.74) is 5.34. The maximum absolute atomic E-state index is 13.9. The summed E-state index contributed by atoms with van der Waals surface area (Å²) in [5.74, 6) is -0.382. The number of benzene rings is 2. The van der Waals surface area contributed by atoms with E-state index >= 15 is 0 Å². The van der Waals surface area contributed by atoms with E-state index in [1.54, 1.807) is 35.6 Å². The smallest absolute Gasteiger partial charge is 0.123 e. The number of fused-ring (bicyclic) bond motifs is 1. The highest BCUT2D eigenvalue weighted by atomic mass is 32.1. The maximum atomic E-state index is 13.9. The van der Waals surface area contributed by atoms with Gasteiger partial charge in [-0.3, -0.25) is 4.90 Å². The van der Waals surface area contributed by atoms with Crippen LogP contribution in [-0.2, 0) is 6.42 Å². The predicted molar refractivity (Wildman–Crippen MR) is 125 cm³/mol. The van der Waals surface area contributed by atoms with Gasteiger partial charge in [-0.1, -0.05) is 0 Å². The number of nitrogens with zero attached hydrogens (tertiary/aromatic N) is 2. The summed E-state index contributed by atoms with van der Waals surface area (Å²) >= 11 is 1.63. The molecule has 5 rings (SSSR count). The number of aromatic amines is 1. The van der Waals surface area contributed by atoms with Crippen LogP contribution in [0.3, 0.4) is 0 Å². The molecule has 1 fully saturated rings. The van der Waals surface area contributed by atoms with Gasteiger partial charge in [-0.15, -0.1) is 0 Å². The second-order valence-corrected chi connectivity index (χ2v) is 8.89. The van der Waals surface area contributed by atoms with Gasteiger partial charge in [0.15, 0.2) is 0 Å². The zero-order chi connectivity index (χ0) is 21.2. The largest absolute Gasteiger partial charge is 0.368 e. The van der Waals surface area contributed by atoms with E-state index in [1.807, 2.05) is 17.6 Å². The van der Waals surface area contributed by atoms with Crippen molar-refractivity contribution in [2.24, 2.45) is 0 Å². The van der Waals surface area contributed by atoms with Gasteiger partial charge in [0.25, 0.3) is 0 Å². The molecule has 2 aromatic heterocycles. The van der Waals surface area contributed by atoms with Gasteiger partial charge in [0, 0.05) is 54.5 Å². The molecule has 31 heavy (non-hydrogen) atoms. The molecule has 0 atom stereocenters. The van der Waals surface area contributed by atoms with Gasteiger partial charge >= 0.3 is 0 Å². The number of anilines is 1. The van der Waals surface area contributed by atoms with Gasteiger partial charge in [0.05, 0.1) is 0 Å². The third-order valence-corrected chi connectivity index (χ3v) is 6.84. The van der Waals surface area contributed by atoms with Crippen molar-refractivity contribution in [3.63, 3.8) is 0 Å². The predicted octanol–water partition coefficient (Wildman–Crippen LogP) is 5.93. The topological polar surface area (TPSA) is 22.3 Å². The number of aromatic nitrogens is 1. The van der Waals surface area contributed by atoms with Crippen LogP contribution in [0, 0.1) is 11.6 Å². The molecule has 2 aromatic carbocycles. The van der Waals surface area contributed by atoms with Gasteiger partial charge in [0.1, 0.15) is 11.6 Å². The highest BCUT2D eigenvalue weighted by Crippen LogP contribution is 2.33. The van der Waals surface area contributed by atoms with Crippen molar-refractivity contribution in [3.05, 3.63) is 76.6 Å². The van der Waals surface area contributed by atoms with Gasteiger partial charge < -0.3 is 9.88 Å². The second kappa shape index (κ2) is 8.81. The van der Waals surface area contributed by atoms with E-state index in [9.17, 15) is 8.78 Å². The van der Waals surface area contributed by atoms with E-state index in [0.717, 1.165) is 73.3 Å². The molecule has 0 unspecified atom stereocenters. The Hall–Kier alpha value is -2.70. The van der Waals surface area contributed by atoms with Crippen LogP contribution in [-0.4, -0.2) is 42.6 Å². The number of H-pyrrole nitrogens is 1. The standard InChI is InChI=1S/C25H25F2N3S/c26-20-3-5-24-22(14-20)18(16-28-24)2-1-8-29-9-11-30(12-10-29)25-6-4-21(27)15-23(25)19-7-13-31-17-19/h3-7,13-17,28H,1-2,8-12H2. The first kappa shape index (κ1) is 20.2. The third kappa shape index (κ3) is 4.36. The molecule has 0 spiro atoms. The van der Waals surface area contributed by atoms with Crippen molar-refractivity contribution in [3.8, 4) is 11.1 Å². The first-order chi connectivity index (χ1) is 15.2. The minimum atomic E-state index is -0.194. The normalized spacial score (nSPS) is 15.1. The molecule has 1 aliphatic heterocycles. The fraction of sp³-hybridized carbons (Fsp3) is 0.280. The Bertz CT molecular complexity index is 1160. The summed E-state index contributed by atoms with van der Waals surface area (Å²) in [6.07, 6.45) is 3.98. The molecule has 0 saturated carbocycles. The molecule has 1 saturated heterocycles. The fourth-order valence-corrected chi connectivity index (χ4v) is 5.15. The van der Waals surface area contributed by atoms with Gasteiger partial charge in [-0.05, 0) is 83.7 Å². The third-order valence-electron chi connectivity index (χ3n) is 6.15. The highest BCUT2D eigenvalue weighted by Gasteiger charge is 2.20. The second-order valence-electron chi connectivity index (χ2n) is 8.11. The number of rotatable bonds is 6. The highest BCUT2D eigenvalue weighted by molar-refractivity contribution is 7.08. The van der Waals surface area contributed by atoms with Crippen LogP contribution in [0.5, 0.6) is 0 Å². The van der Waals surface area contributed by atoms with Crippen molar-refractivity contribution in [1.82, 2.24) is 9.88 Å². The minimum absolute atomic E-state index is 0.188. The van der Waals surface area contributed by atoms with Crippen LogP contribution < -0.4 is 4.90 Å². The number of hydrogen-bond donors (Lipinski definition) is 1. The summed E-state index contributed by atoms with van der Waals surface area (Å²) in [6.45, 7) is 4.87. The molecule has 0 amide bonds. The lowest BCUT2D eigenvalue weighted by Crippen LogP contribution is -2.46. The van der Waals surface area contributed by atoms with Gasteiger partial charge in [-0.25, -0.2) is 8.78 Å². The molecule has 3 heterocycles. The van der Waals surface area contributed by atoms with Crippen LogP contribution >= 0.6 is 11.3 Å². The number of hydrogen-bond acceptors (Lipinski definition) is 3. The van der Waals surface area contributed by atoms with Gasteiger partial charge in [-0.2, -0.15) is 11.3 Å². The van der Waals surface area contributed by atoms with E-state index in [0.29, 0.717) is 0 Å². The number of aryl methyl sites for hydroxylation is 1. The molecule has 1 aliphatic rings. The summed E-state index contributed by atoms with van der Waals surface area (Å²) in [6, 6.07) is 12.1. The molecular formula is C25H25F2N3S.